The van der Waals surface area contributed by atoms with Gasteiger partial charge in [-0.25, -0.2) is 13.6 Å². The van der Waals surface area contributed by atoms with E-state index in [1.54, 1.807) is 30.3 Å². The molecule has 0 N–H and O–H groups in total. The third kappa shape index (κ3) is 2.93. The summed E-state index contributed by atoms with van der Waals surface area (Å²) in [5.41, 5.74) is 1.48. The van der Waals surface area contributed by atoms with Crippen LogP contribution in [-0.2, 0) is 0 Å². The third-order valence-electron chi connectivity index (χ3n) is 3.87. The second kappa shape index (κ2) is 6.40. The zero-order valence-corrected chi connectivity index (χ0v) is 13.3. The van der Waals surface area contributed by atoms with Gasteiger partial charge in [-0.3, -0.25) is 0 Å². The molecule has 0 radical (unpaired) electrons. The fourth-order valence-corrected chi connectivity index (χ4v) is 2.59. The number of fused-ring (bicyclic) bond motifs is 1. The number of hydrogen-bond donors (Lipinski definition) is 0. The summed E-state index contributed by atoms with van der Waals surface area (Å²) in [6.45, 7) is 0. The number of benzene rings is 3. The van der Waals surface area contributed by atoms with Crippen molar-refractivity contribution in [2.24, 2.45) is 0 Å². The Morgan fingerprint density at radius 3 is 2.50 bits per heavy atom. The van der Waals surface area contributed by atoms with E-state index in [4.69, 9.17) is 9.26 Å². The van der Waals surface area contributed by atoms with Gasteiger partial charge < -0.3 is 9.26 Å². The Kier molecular flexibility index (Phi) is 3.93. The van der Waals surface area contributed by atoms with Gasteiger partial charge in [-0.15, -0.1) is 0 Å². The van der Waals surface area contributed by atoms with Crippen molar-refractivity contribution in [1.82, 2.24) is 5.16 Å². The minimum Gasteiger partial charge on any atom is -0.423 e. The zero-order valence-electron chi connectivity index (χ0n) is 13.3. The van der Waals surface area contributed by atoms with Gasteiger partial charge in [-0.2, -0.15) is 0 Å². The molecule has 128 valence electrons. The van der Waals surface area contributed by atoms with E-state index in [0.717, 1.165) is 0 Å². The van der Waals surface area contributed by atoms with Crippen LogP contribution in [0.25, 0.3) is 22.2 Å². The number of hydrogen-bond acceptors (Lipinski definition) is 4. The molecule has 0 aliphatic rings. The first-order valence-electron chi connectivity index (χ1n) is 7.74. The van der Waals surface area contributed by atoms with Crippen LogP contribution in [-0.4, -0.2) is 11.1 Å². The van der Waals surface area contributed by atoms with Crippen LogP contribution >= 0.6 is 0 Å². The Balaban J connectivity index is 1.64. The lowest BCUT2D eigenvalue weighted by Crippen LogP contribution is -2.10. The summed E-state index contributed by atoms with van der Waals surface area (Å²) in [6.07, 6.45) is 0. The lowest BCUT2D eigenvalue weighted by atomic mass is 10.1. The van der Waals surface area contributed by atoms with Crippen LogP contribution in [0, 0.1) is 11.6 Å². The van der Waals surface area contributed by atoms with E-state index in [9.17, 15) is 13.6 Å². The number of rotatable bonds is 3. The Morgan fingerprint density at radius 1 is 0.962 bits per heavy atom. The predicted octanol–water partition coefficient (Wildman–Crippen LogP) is 4.99. The van der Waals surface area contributed by atoms with Crippen molar-refractivity contribution in [1.29, 1.82) is 0 Å². The van der Waals surface area contributed by atoms with Crippen molar-refractivity contribution in [3.63, 3.8) is 0 Å². The smallest absolute Gasteiger partial charge is 0.346 e. The topological polar surface area (TPSA) is 52.3 Å². The predicted molar refractivity (Wildman–Crippen MR) is 90.8 cm³/mol. The van der Waals surface area contributed by atoms with Gasteiger partial charge in [-0.05, 0) is 48.5 Å². The molecule has 0 saturated carbocycles. The van der Waals surface area contributed by atoms with Crippen LogP contribution in [0.3, 0.4) is 0 Å². The van der Waals surface area contributed by atoms with Gasteiger partial charge in [-0.1, -0.05) is 17.3 Å². The number of carbonyl (C=O) groups is 1. The van der Waals surface area contributed by atoms with E-state index in [2.05, 4.69) is 5.16 Å². The molecule has 26 heavy (non-hydrogen) atoms. The molecule has 6 heteroatoms. The fourth-order valence-electron chi connectivity index (χ4n) is 2.59. The monoisotopic (exact) mass is 351 g/mol. The number of carbonyl (C=O) groups excluding carboxylic acids is 1. The number of aromatic nitrogens is 1. The first-order chi connectivity index (χ1) is 12.6. The van der Waals surface area contributed by atoms with E-state index in [0.29, 0.717) is 22.2 Å². The summed E-state index contributed by atoms with van der Waals surface area (Å²) >= 11 is 0. The highest BCUT2D eigenvalue weighted by atomic mass is 19.1. The van der Waals surface area contributed by atoms with Crippen LogP contribution in [0.15, 0.2) is 71.3 Å². The van der Waals surface area contributed by atoms with Crippen molar-refractivity contribution < 1.29 is 22.8 Å². The maximum atomic E-state index is 13.7. The summed E-state index contributed by atoms with van der Waals surface area (Å²) in [4.78, 5) is 12.1. The average Bonchev–Trinajstić information content (AvgIpc) is 3.06. The normalized spacial score (nSPS) is 10.8. The average molecular weight is 351 g/mol. The summed E-state index contributed by atoms with van der Waals surface area (Å²) in [7, 11) is 0. The highest BCUT2D eigenvalue weighted by Crippen LogP contribution is 2.30. The molecule has 4 rings (SSSR count). The van der Waals surface area contributed by atoms with Gasteiger partial charge >= 0.3 is 5.97 Å². The molecule has 0 fully saturated rings. The first-order valence-corrected chi connectivity index (χ1v) is 7.74. The Labute approximate surface area is 146 Å². The maximum absolute atomic E-state index is 13.7. The van der Waals surface area contributed by atoms with Crippen molar-refractivity contribution in [2.45, 2.75) is 0 Å². The van der Waals surface area contributed by atoms with Gasteiger partial charge in [0.1, 0.15) is 23.1 Å². The lowest BCUT2D eigenvalue weighted by Gasteiger charge is -2.05. The minimum atomic E-state index is -0.805. The SMILES string of the molecule is O=C(Oc1ccc2c(-c3ccc(F)cc3)noc2c1)c1ccccc1F. The molecule has 0 amide bonds. The molecule has 0 spiro atoms. The molecule has 0 bridgehead atoms. The Morgan fingerprint density at radius 2 is 1.73 bits per heavy atom. The third-order valence-corrected chi connectivity index (χ3v) is 3.87. The van der Waals surface area contributed by atoms with Crippen molar-refractivity contribution in [3.8, 4) is 17.0 Å². The second-order valence-electron chi connectivity index (χ2n) is 5.57. The molecular formula is C20H11F2NO3. The highest BCUT2D eigenvalue weighted by molar-refractivity contribution is 5.94. The molecule has 0 aliphatic heterocycles. The molecular weight excluding hydrogens is 340 g/mol. The lowest BCUT2D eigenvalue weighted by molar-refractivity contribution is 0.0730. The Bertz CT molecular complexity index is 1100. The number of esters is 1. The molecule has 4 aromatic rings. The van der Waals surface area contributed by atoms with Gasteiger partial charge in [0.15, 0.2) is 5.58 Å². The number of halogens is 2. The van der Waals surface area contributed by atoms with Crippen LogP contribution in [0.2, 0.25) is 0 Å². The van der Waals surface area contributed by atoms with Gasteiger partial charge in [0.2, 0.25) is 0 Å². The summed E-state index contributed by atoms with van der Waals surface area (Å²) in [6, 6.07) is 16.2. The largest absolute Gasteiger partial charge is 0.423 e. The van der Waals surface area contributed by atoms with E-state index < -0.39 is 11.8 Å². The van der Waals surface area contributed by atoms with Crippen molar-refractivity contribution in [2.75, 3.05) is 0 Å². The van der Waals surface area contributed by atoms with E-state index >= 15 is 0 Å². The standard InChI is InChI=1S/C20H11F2NO3/c21-13-7-5-12(6-8-13)19-16-10-9-14(11-18(16)26-23-19)25-20(24)15-3-1-2-4-17(15)22/h1-11H. The van der Waals surface area contributed by atoms with Gasteiger partial charge in [0, 0.05) is 17.0 Å². The van der Waals surface area contributed by atoms with E-state index in [1.165, 1.54) is 36.4 Å². The van der Waals surface area contributed by atoms with Crippen molar-refractivity contribution >= 4 is 16.9 Å². The molecule has 3 aromatic carbocycles. The van der Waals surface area contributed by atoms with Gasteiger partial charge in [0.25, 0.3) is 0 Å². The second-order valence-corrected chi connectivity index (χ2v) is 5.57. The molecule has 0 aliphatic carbocycles. The van der Waals surface area contributed by atoms with Gasteiger partial charge in [0.05, 0.1) is 5.56 Å². The van der Waals surface area contributed by atoms with Crippen molar-refractivity contribution in [3.05, 3.63) is 83.9 Å². The molecule has 0 atom stereocenters. The quantitative estimate of drug-likeness (QED) is 0.385. The fraction of sp³-hybridized carbons (Fsp3) is 0. The number of ether oxygens (including phenoxy) is 1. The van der Waals surface area contributed by atoms with E-state index in [1.807, 2.05) is 0 Å². The van der Waals surface area contributed by atoms with Crippen LogP contribution in [0.1, 0.15) is 10.4 Å². The molecule has 0 unspecified atom stereocenters. The van der Waals surface area contributed by atoms with E-state index in [-0.39, 0.29) is 17.1 Å². The maximum Gasteiger partial charge on any atom is 0.346 e. The summed E-state index contributed by atoms with van der Waals surface area (Å²) in [5, 5.41) is 4.67. The molecule has 1 aromatic heterocycles. The molecule has 0 saturated heterocycles. The number of nitrogens with zero attached hydrogens (tertiary/aromatic N) is 1. The highest BCUT2D eigenvalue weighted by Gasteiger charge is 2.16. The molecule has 4 nitrogen and oxygen atoms in total. The first kappa shape index (κ1) is 16.0. The van der Waals surface area contributed by atoms with Crippen LogP contribution < -0.4 is 4.74 Å². The summed E-state index contributed by atoms with van der Waals surface area (Å²) < 4.78 is 37.2. The summed E-state index contributed by atoms with van der Waals surface area (Å²) in [5.74, 6) is -1.60. The zero-order chi connectivity index (χ0) is 18.1. The van der Waals surface area contributed by atoms with Crippen LogP contribution in [0.4, 0.5) is 8.78 Å². The van der Waals surface area contributed by atoms with Crippen LogP contribution in [0.5, 0.6) is 5.75 Å². The Hall–Kier alpha value is -3.54. The minimum absolute atomic E-state index is 0.155. The molecule has 1 heterocycles.